The fourth-order valence-corrected chi connectivity index (χ4v) is 3.08. The van der Waals surface area contributed by atoms with Crippen LogP contribution in [0, 0.1) is 0 Å². The number of hydrogen-bond donors (Lipinski definition) is 0. The molecule has 0 amide bonds. The van der Waals surface area contributed by atoms with Crippen molar-refractivity contribution in [2.24, 2.45) is 0 Å². The second-order valence-electron chi connectivity index (χ2n) is 5.10. The number of benzene rings is 1. The molecule has 0 fully saturated rings. The van der Waals surface area contributed by atoms with Gasteiger partial charge in [0.15, 0.2) is 0 Å². The molecule has 0 radical (unpaired) electrons. The molecule has 5 nitrogen and oxygen atoms in total. The van der Waals surface area contributed by atoms with Crippen molar-refractivity contribution in [3.8, 4) is 0 Å². The van der Waals surface area contributed by atoms with Crippen molar-refractivity contribution in [1.82, 2.24) is 0 Å². The highest BCUT2D eigenvalue weighted by Crippen LogP contribution is 2.26. The number of esters is 2. The van der Waals surface area contributed by atoms with E-state index in [2.05, 4.69) is 12.1 Å². The van der Waals surface area contributed by atoms with Crippen LogP contribution < -0.4 is 0 Å². The molecule has 1 heterocycles. The van der Waals surface area contributed by atoms with Gasteiger partial charge in [-0.05, 0) is 17.7 Å². The molecule has 0 spiro atoms. The van der Waals surface area contributed by atoms with Crippen molar-refractivity contribution in [3.63, 3.8) is 0 Å². The summed E-state index contributed by atoms with van der Waals surface area (Å²) in [5, 5.41) is 0. The van der Waals surface area contributed by atoms with Crippen LogP contribution in [0.1, 0.15) is 19.4 Å². The average Bonchev–Trinajstić information content (AvgIpc) is 2.53. The zero-order valence-electron chi connectivity index (χ0n) is 13.1. The number of carbonyl (C=O) groups is 2. The Kier molecular flexibility index (Phi) is 6.67. The summed E-state index contributed by atoms with van der Waals surface area (Å²) >= 11 is 1.62. The Bertz CT molecular complexity index is 557. The maximum Gasteiger partial charge on any atom is 0.303 e. The van der Waals surface area contributed by atoms with Crippen LogP contribution >= 0.6 is 11.8 Å². The number of carbonyl (C=O) groups excluding carboxylic acids is 2. The van der Waals surface area contributed by atoms with E-state index in [1.54, 1.807) is 17.8 Å². The van der Waals surface area contributed by atoms with Gasteiger partial charge in [0.05, 0.1) is 0 Å². The second-order valence-corrected chi connectivity index (χ2v) is 6.19. The molecule has 0 bridgehead atoms. The van der Waals surface area contributed by atoms with Crippen molar-refractivity contribution in [1.29, 1.82) is 0 Å². The molecule has 23 heavy (non-hydrogen) atoms. The lowest BCUT2D eigenvalue weighted by molar-refractivity contribution is -0.160. The summed E-state index contributed by atoms with van der Waals surface area (Å²) in [5.74, 6) is 0.0126. The Labute approximate surface area is 140 Å². The van der Waals surface area contributed by atoms with Crippen molar-refractivity contribution in [2.75, 3.05) is 6.61 Å². The monoisotopic (exact) mass is 336 g/mol. The van der Waals surface area contributed by atoms with Crippen molar-refractivity contribution in [3.05, 3.63) is 48.0 Å². The largest absolute Gasteiger partial charge is 0.463 e. The van der Waals surface area contributed by atoms with Crippen molar-refractivity contribution >= 4 is 23.7 Å². The fourth-order valence-electron chi connectivity index (χ4n) is 2.11. The van der Waals surface area contributed by atoms with Gasteiger partial charge >= 0.3 is 11.9 Å². The number of ether oxygens (including phenoxy) is 3. The Balaban J connectivity index is 1.94. The van der Waals surface area contributed by atoms with E-state index >= 15 is 0 Å². The predicted molar refractivity (Wildman–Crippen MR) is 87.7 cm³/mol. The first-order valence-corrected chi connectivity index (χ1v) is 8.39. The summed E-state index contributed by atoms with van der Waals surface area (Å²) in [6.07, 6.45) is 2.62. The maximum absolute atomic E-state index is 11.2. The summed E-state index contributed by atoms with van der Waals surface area (Å²) in [7, 11) is 0. The van der Waals surface area contributed by atoms with Gasteiger partial charge < -0.3 is 14.2 Å². The lowest BCUT2D eigenvalue weighted by Crippen LogP contribution is -2.40. The van der Waals surface area contributed by atoms with E-state index in [4.69, 9.17) is 14.2 Å². The van der Waals surface area contributed by atoms with Crippen molar-refractivity contribution < 1.29 is 23.8 Å². The first-order valence-electron chi connectivity index (χ1n) is 7.34. The molecule has 0 unspecified atom stereocenters. The minimum absolute atomic E-state index is 0.0556. The number of thioether (sulfide) groups is 1. The van der Waals surface area contributed by atoms with Gasteiger partial charge in [-0.2, -0.15) is 0 Å². The fraction of sp³-hybridized carbons (Fsp3) is 0.412. The SMILES string of the molecule is CC(=O)OC[C@H]1O[C@H](SCc2ccccc2)C=C[C@@H]1OC(C)=O. The molecule has 1 aliphatic heterocycles. The number of rotatable bonds is 6. The van der Waals surface area contributed by atoms with E-state index in [9.17, 15) is 9.59 Å². The van der Waals surface area contributed by atoms with Crippen LogP contribution in [0.25, 0.3) is 0 Å². The van der Waals surface area contributed by atoms with E-state index in [1.165, 1.54) is 19.4 Å². The topological polar surface area (TPSA) is 61.8 Å². The highest BCUT2D eigenvalue weighted by molar-refractivity contribution is 7.99. The van der Waals surface area contributed by atoms with E-state index < -0.39 is 24.1 Å². The van der Waals surface area contributed by atoms with Gasteiger partial charge in [-0.25, -0.2) is 0 Å². The molecular formula is C17H20O5S. The van der Waals surface area contributed by atoms with Gasteiger partial charge in [-0.1, -0.05) is 30.3 Å². The average molecular weight is 336 g/mol. The molecule has 1 aromatic rings. The minimum atomic E-state index is -0.541. The Hall–Kier alpha value is -1.79. The summed E-state index contributed by atoms with van der Waals surface area (Å²) in [6.45, 7) is 2.73. The van der Waals surface area contributed by atoms with Gasteiger partial charge in [0, 0.05) is 19.6 Å². The zero-order chi connectivity index (χ0) is 16.7. The van der Waals surface area contributed by atoms with E-state index in [1.807, 2.05) is 24.3 Å². The summed E-state index contributed by atoms with van der Waals surface area (Å²) in [6, 6.07) is 10.1. The third-order valence-corrected chi connectivity index (χ3v) is 4.24. The first-order chi connectivity index (χ1) is 11.0. The van der Waals surface area contributed by atoms with Crippen LogP contribution in [0.3, 0.4) is 0 Å². The third-order valence-electron chi connectivity index (χ3n) is 3.14. The zero-order valence-corrected chi connectivity index (χ0v) is 14.0. The third kappa shape index (κ3) is 6.08. The van der Waals surface area contributed by atoms with E-state index in [0.29, 0.717) is 0 Å². The van der Waals surface area contributed by atoms with Gasteiger partial charge in [-0.3, -0.25) is 9.59 Å². The van der Waals surface area contributed by atoms with Gasteiger partial charge in [-0.15, -0.1) is 11.8 Å². The van der Waals surface area contributed by atoms with Crippen molar-refractivity contribution in [2.45, 2.75) is 37.2 Å². The Morgan fingerprint density at radius 3 is 2.52 bits per heavy atom. The molecule has 0 saturated heterocycles. The predicted octanol–water partition coefficient (Wildman–Crippen LogP) is 2.70. The molecule has 0 aromatic heterocycles. The molecule has 6 heteroatoms. The summed E-state index contributed by atoms with van der Waals surface area (Å²) < 4.78 is 16.1. The highest BCUT2D eigenvalue weighted by atomic mass is 32.2. The Morgan fingerprint density at radius 1 is 1.13 bits per heavy atom. The number of hydrogen-bond acceptors (Lipinski definition) is 6. The van der Waals surface area contributed by atoms with Crippen LogP contribution in [0.4, 0.5) is 0 Å². The van der Waals surface area contributed by atoms with Crippen LogP contribution in [-0.4, -0.2) is 36.2 Å². The van der Waals surface area contributed by atoms with Gasteiger partial charge in [0.2, 0.25) is 0 Å². The summed E-state index contributed by atoms with van der Waals surface area (Å²) in [5.41, 5.74) is 1.02. The van der Waals surface area contributed by atoms with E-state index in [-0.39, 0.29) is 12.0 Å². The minimum Gasteiger partial charge on any atom is -0.463 e. The van der Waals surface area contributed by atoms with Crippen LogP contribution in [0.2, 0.25) is 0 Å². The molecule has 3 atom stereocenters. The normalized spacial score (nSPS) is 23.3. The van der Waals surface area contributed by atoms with Crippen LogP contribution in [0.15, 0.2) is 42.5 Å². The molecule has 124 valence electrons. The van der Waals surface area contributed by atoms with Gasteiger partial charge in [0.1, 0.15) is 24.3 Å². The molecular weight excluding hydrogens is 316 g/mol. The lowest BCUT2D eigenvalue weighted by Gasteiger charge is -2.31. The highest BCUT2D eigenvalue weighted by Gasteiger charge is 2.30. The second kappa shape index (κ2) is 8.74. The van der Waals surface area contributed by atoms with Crippen LogP contribution in [-0.2, 0) is 29.6 Å². The lowest BCUT2D eigenvalue weighted by atomic mass is 10.1. The maximum atomic E-state index is 11.2. The standard InChI is InChI=1S/C17H20O5S/c1-12(18)20-10-16-15(21-13(2)19)8-9-17(22-16)23-11-14-6-4-3-5-7-14/h3-9,15-17H,10-11H2,1-2H3/t15-,16+,17+/m0/s1. The smallest absolute Gasteiger partial charge is 0.303 e. The molecule has 2 rings (SSSR count). The first kappa shape index (κ1) is 17.6. The molecule has 0 aliphatic carbocycles. The van der Waals surface area contributed by atoms with E-state index in [0.717, 1.165) is 5.75 Å². The molecule has 0 saturated carbocycles. The molecule has 1 aromatic carbocycles. The summed E-state index contributed by atoms with van der Waals surface area (Å²) in [4.78, 5) is 22.2. The molecule has 0 N–H and O–H groups in total. The van der Waals surface area contributed by atoms with Crippen LogP contribution in [0.5, 0.6) is 0 Å². The quantitative estimate of drug-likeness (QED) is 0.588. The van der Waals surface area contributed by atoms with Gasteiger partial charge in [0.25, 0.3) is 0 Å². The Morgan fingerprint density at radius 2 is 1.87 bits per heavy atom. The molecule has 1 aliphatic rings.